The van der Waals surface area contributed by atoms with Crippen LogP contribution in [0.4, 0.5) is 0 Å². The fourth-order valence-corrected chi connectivity index (χ4v) is 2.31. The zero-order valence-electron chi connectivity index (χ0n) is 13.6. The first-order chi connectivity index (χ1) is 11.6. The Labute approximate surface area is 143 Å². The molecule has 0 amide bonds. The summed E-state index contributed by atoms with van der Waals surface area (Å²) in [6.07, 6.45) is 24.5. The number of allylic oxidation sites excluding steroid dienone is 9. The molecule has 0 spiro atoms. The van der Waals surface area contributed by atoms with E-state index in [4.69, 9.17) is 12.8 Å². The van der Waals surface area contributed by atoms with E-state index in [1.165, 1.54) is 0 Å². The predicted molar refractivity (Wildman–Crippen MR) is 101 cm³/mol. The summed E-state index contributed by atoms with van der Waals surface area (Å²) >= 11 is 0. The van der Waals surface area contributed by atoms with E-state index in [0.29, 0.717) is 12.0 Å². The third kappa shape index (κ3) is 4.60. The summed E-state index contributed by atoms with van der Waals surface area (Å²) in [7, 11) is 0. The number of rotatable bonds is 4. The normalized spacial score (nSPS) is 14.4. The molecule has 1 heteroatoms. The number of hydrogen-bond donors (Lipinski definition) is 0. The Balaban J connectivity index is 2.15. The van der Waals surface area contributed by atoms with Crippen LogP contribution in [-0.2, 0) is 4.79 Å². The van der Waals surface area contributed by atoms with Crippen molar-refractivity contribution >= 4 is 11.9 Å². The molecule has 0 N–H and O–H groups in total. The Kier molecular flexibility index (Phi) is 5.95. The van der Waals surface area contributed by atoms with Crippen molar-refractivity contribution in [2.24, 2.45) is 0 Å². The molecule has 1 nitrogen and oxygen atoms in total. The lowest BCUT2D eigenvalue weighted by atomic mass is 10.0. The lowest BCUT2D eigenvalue weighted by molar-refractivity contribution is -0.111. The monoisotopic (exact) mass is 310 g/mol. The molecule has 1 aromatic carbocycles. The molecule has 24 heavy (non-hydrogen) atoms. The second-order valence-electron chi connectivity index (χ2n) is 5.40. The summed E-state index contributed by atoms with van der Waals surface area (Å²) in [4.78, 5) is 12.3. The molecule has 0 heterocycles. The minimum Gasteiger partial charge on any atom is -0.290 e. The second-order valence-corrected chi connectivity index (χ2v) is 5.40. The lowest BCUT2D eigenvalue weighted by Gasteiger charge is -2.02. The first kappa shape index (κ1) is 17.1. The van der Waals surface area contributed by atoms with Crippen LogP contribution < -0.4 is 0 Å². The molecule has 1 aliphatic rings. The number of ketones is 1. The Morgan fingerprint density at radius 1 is 1.12 bits per heavy atom. The van der Waals surface area contributed by atoms with E-state index < -0.39 is 0 Å². The van der Waals surface area contributed by atoms with Gasteiger partial charge in [-0.15, -0.1) is 12.8 Å². The third-order valence-corrected chi connectivity index (χ3v) is 3.62. The van der Waals surface area contributed by atoms with Crippen LogP contribution >= 0.6 is 0 Å². The highest BCUT2D eigenvalue weighted by Gasteiger charge is 2.05. The van der Waals surface area contributed by atoms with Gasteiger partial charge >= 0.3 is 0 Å². The van der Waals surface area contributed by atoms with Crippen LogP contribution in [0, 0.1) is 24.7 Å². The number of benzene rings is 1. The lowest BCUT2D eigenvalue weighted by Crippen LogP contribution is -1.96. The largest absolute Gasteiger partial charge is 0.290 e. The molecule has 0 bridgehead atoms. The van der Waals surface area contributed by atoms with Gasteiger partial charge < -0.3 is 0 Å². The van der Waals surface area contributed by atoms with Gasteiger partial charge in [0.1, 0.15) is 0 Å². The average molecular weight is 310 g/mol. The van der Waals surface area contributed by atoms with Crippen molar-refractivity contribution in [2.75, 3.05) is 0 Å². The minimum absolute atomic E-state index is 0.0535. The van der Waals surface area contributed by atoms with Gasteiger partial charge in [0.25, 0.3) is 0 Å². The number of terminal acetylenes is 2. The molecular weight excluding hydrogens is 292 g/mol. The highest BCUT2D eigenvalue weighted by Crippen LogP contribution is 2.17. The molecule has 0 aliphatic heterocycles. The summed E-state index contributed by atoms with van der Waals surface area (Å²) in [5.74, 6) is 5.22. The molecule has 2 rings (SSSR count). The first-order valence-corrected chi connectivity index (χ1v) is 7.63. The first-order valence-electron chi connectivity index (χ1n) is 7.63. The standard InChI is InChI=1S/C23H18O/c1-4-19-10-6-7-11-20(17-19)16-18(3)23(24)15-14-22-13-9-8-12-21(22)5-2/h1-2,6-16H,17H2,3H3/b15-14+,18-16+. The highest BCUT2D eigenvalue weighted by molar-refractivity contribution is 6.06. The van der Waals surface area contributed by atoms with Crippen molar-refractivity contribution < 1.29 is 4.79 Å². The van der Waals surface area contributed by atoms with Crippen LogP contribution in [0.5, 0.6) is 0 Å². The fourth-order valence-electron chi connectivity index (χ4n) is 2.31. The zero-order chi connectivity index (χ0) is 17.4. The van der Waals surface area contributed by atoms with Crippen molar-refractivity contribution in [3.05, 3.63) is 88.6 Å². The topological polar surface area (TPSA) is 17.1 Å². The van der Waals surface area contributed by atoms with E-state index in [9.17, 15) is 4.79 Å². The van der Waals surface area contributed by atoms with Crippen LogP contribution in [-0.4, -0.2) is 5.78 Å². The Hall–Kier alpha value is -3.29. The minimum atomic E-state index is -0.0535. The maximum absolute atomic E-state index is 12.3. The van der Waals surface area contributed by atoms with Crippen LogP contribution in [0.25, 0.3) is 6.08 Å². The highest BCUT2D eigenvalue weighted by atomic mass is 16.1. The molecule has 0 saturated carbocycles. The molecule has 1 aliphatic carbocycles. The van der Waals surface area contributed by atoms with Gasteiger partial charge in [-0.2, -0.15) is 0 Å². The maximum Gasteiger partial charge on any atom is 0.181 e. The van der Waals surface area contributed by atoms with Crippen LogP contribution in [0.3, 0.4) is 0 Å². The van der Waals surface area contributed by atoms with E-state index >= 15 is 0 Å². The Bertz CT molecular complexity index is 871. The molecule has 0 aromatic heterocycles. The van der Waals surface area contributed by atoms with Crippen molar-refractivity contribution in [3.63, 3.8) is 0 Å². The number of carbonyl (C=O) groups is 1. The van der Waals surface area contributed by atoms with E-state index in [-0.39, 0.29) is 5.78 Å². The summed E-state index contributed by atoms with van der Waals surface area (Å²) in [5.41, 5.74) is 4.18. The van der Waals surface area contributed by atoms with Crippen LogP contribution in [0.1, 0.15) is 24.5 Å². The predicted octanol–water partition coefficient (Wildman–Crippen LogP) is 4.64. The molecule has 0 atom stereocenters. The van der Waals surface area contributed by atoms with Gasteiger partial charge in [-0.25, -0.2) is 0 Å². The van der Waals surface area contributed by atoms with Crippen molar-refractivity contribution in [3.8, 4) is 24.7 Å². The van der Waals surface area contributed by atoms with Gasteiger partial charge in [0.2, 0.25) is 0 Å². The van der Waals surface area contributed by atoms with E-state index in [1.807, 2.05) is 54.6 Å². The summed E-state index contributed by atoms with van der Waals surface area (Å²) in [5, 5.41) is 0. The fraction of sp³-hybridized carbons (Fsp3) is 0.0870. The van der Waals surface area contributed by atoms with Gasteiger partial charge in [0.05, 0.1) is 0 Å². The van der Waals surface area contributed by atoms with Crippen molar-refractivity contribution in [1.82, 2.24) is 0 Å². The quantitative estimate of drug-likeness (QED) is 0.585. The van der Waals surface area contributed by atoms with Gasteiger partial charge in [0, 0.05) is 17.6 Å². The number of hydrogen-bond acceptors (Lipinski definition) is 1. The summed E-state index contributed by atoms with van der Waals surface area (Å²) in [6.45, 7) is 1.80. The summed E-state index contributed by atoms with van der Waals surface area (Å²) in [6, 6.07) is 7.51. The maximum atomic E-state index is 12.3. The molecule has 1 aromatic rings. The van der Waals surface area contributed by atoms with Gasteiger partial charge in [-0.05, 0) is 41.9 Å². The van der Waals surface area contributed by atoms with E-state index in [2.05, 4.69) is 11.8 Å². The summed E-state index contributed by atoms with van der Waals surface area (Å²) < 4.78 is 0. The molecule has 0 radical (unpaired) electrons. The van der Waals surface area contributed by atoms with E-state index in [0.717, 1.165) is 22.3 Å². The zero-order valence-corrected chi connectivity index (χ0v) is 13.6. The number of carbonyl (C=O) groups excluding carboxylic acids is 1. The molecule has 0 unspecified atom stereocenters. The van der Waals surface area contributed by atoms with Crippen LogP contribution in [0.2, 0.25) is 0 Å². The SMILES string of the molecule is C#CC1=CC=CC=C(/C=C(\C)C(=O)/C=C/c2ccccc2C#C)C1. The van der Waals surface area contributed by atoms with Crippen molar-refractivity contribution in [2.45, 2.75) is 13.3 Å². The molecule has 116 valence electrons. The molecular formula is C23H18O. The van der Waals surface area contributed by atoms with Gasteiger partial charge in [-0.3, -0.25) is 4.79 Å². The smallest absolute Gasteiger partial charge is 0.181 e. The molecule has 0 saturated heterocycles. The van der Waals surface area contributed by atoms with Gasteiger partial charge in [0.15, 0.2) is 5.78 Å². The molecule has 0 fully saturated rings. The van der Waals surface area contributed by atoms with Crippen LogP contribution in [0.15, 0.2) is 77.4 Å². The second kappa shape index (κ2) is 8.37. The van der Waals surface area contributed by atoms with Crippen molar-refractivity contribution in [1.29, 1.82) is 0 Å². The Morgan fingerprint density at radius 2 is 1.88 bits per heavy atom. The average Bonchev–Trinajstić information content (AvgIpc) is 2.84. The third-order valence-electron chi connectivity index (χ3n) is 3.62. The van der Waals surface area contributed by atoms with Gasteiger partial charge in [-0.1, -0.05) is 60.4 Å². The Morgan fingerprint density at radius 3 is 2.62 bits per heavy atom. The van der Waals surface area contributed by atoms with E-state index in [1.54, 1.807) is 19.1 Å².